The van der Waals surface area contributed by atoms with Crippen molar-refractivity contribution in [1.29, 1.82) is 0 Å². The molecule has 0 N–H and O–H groups in total. The molecule has 1 unspecified atom stereocenters. The van der Waals surface area contributed by atoms with Gasteiger partial charge in [0.1, 0.15) is 0 Å². The van der Waals surface area contributed by atoms with Gasteiger partial charge in [0.25, 0.3) is 0 Å². The molecule has 0 amide bonds. The fourth-order valence-electron chi connectivity index (χ4n) is 2.79. The molecule has 0 saturated carbocycles. The number of likely N-dealkylation sites (tertiary alicyclic amines) is 1. The van der Waals surface area contributed by atoms with Crippen molar-refractivity contribution >= 4 is 18.2 Å². The molecule has 1 aromatic carbocycles. The van der Waals surface area contributed by atoms with Crippen molar-refractivity contribution in [3.05, 3.63) is 34.9 Å². The maximum absolute atomic E-state index is 12.5. The topological polar surface area (TPSA) is 20.3 Å². The molecular formula is C17H26ClNO. The van der Waals surface area contributed by atoms with Gasteiger partial charge in [-0.25, -0.2) is 0 Å². The number of hydrogen-bond acceptors (Lipinski definition) is 2. The van der Waals surface area contributed by atoms with Crippen LogP contribution in [0.3, 0.4) is 0 Å². The van der Waals surface area contributed by atoms with Gasteiger partial charge in [-0.05, 0) is 57.0 Å². The molecule has 0 bridgehead atoms. The maximum atomic E-state index is 12.5. The average Bonchev–Trinajstić information content (AvgIpc) is 2.42. The predicted octanol–water partition coefficient (Wildman–Crippen LogP) is 4.03. The molecule has 1 atom stereocenters. The van der Waals surface area contributed by atoms with E-state index in [1.165, 1.54) is 30.4 Å². The lowest BCUT2D eigenvalue weighted by Gasteiger charge is -2.28. The van der Waals surface area contributed by atoms with Crippen LogP contribution in [-0.4, -0.2) is 30.3 Å². The highest BCUT2D eigenvalue weighted by molar-refractivity contribution is 5.98. The van der Waals surface area contributed by atoms with Crippen molar-refractivity contribution in [2.75, 3.05) is 19.6 Å². The lowest BCUT2D eigenvalue weighted by Crippen LogP contribution is -2.35. The summed E-state index contributed by atoms with van der Waals surface area (Å²) in [5.41, 5.74) is 3.32. The van der Waals surface area contributed by atoms with E-state index < -0.39 is 0 Å². The van der Waals surface area contributed by atoms with E-state index in [4.69, 9.17) is 0 Å². The monoisotopic (exact) mass is 295 g/mol. The van der Waals surface area contributed by atoms with Gasteiger partial charge in [0.2, 0.25) is 0 Å². The first kappa shape index (κ1) is 17.2. The van der Waals surface area contributed by atoms with Crippen LogP contribution in [0.1, 0.15) is 47.7 Å². The van der Waals surface area contributed by atoms with Crippen LogP contribution in [0.4, 0.5) is 0 Å². The van der Waals surface area contributed by atoms with Gasteiger partial charge >= 0.3 is 0 Å². The zero-order valence-electron chi connectivity index (χ0n) is 12.8. The van der Waals surface area contributed by atoms with Crippen molar-refractivity contribution in [2.45, 2.75) is 40.0 Å². The van der Waals surface area contributed by atoms with Crippen LogP contribution >= 0.6 is 12.4 Å². The molecule has 0 aromatic heterocycles. The van der Waals surface area contributed by atoms with Crippen molar-refractivity contribution in [3.8, 4) is 0 Å². The number of nitrogens with zero attached hydrogens (tertiary/aromatic N) is 1. The summed E-state index contributed by atoms with van der Waals surface area (Å²) in [6.45, 7) is 9.44. The fraction of sp³-hybridized carbons (Fsp3) is 0.588. The summed E-state index contributed by atoms with van der Waals surface area (Å²) in [5, 5.41) is 0. The molecule has 1 aliphatic rings. The first-order valence-corrected chi connectivity index (χ1v) is 7.42. The van der Waals surface area contributed by atoms with E-state index in [1.54, 1.807) is 0 Å². The Kier molecular flexibility index (Phi) is 6.70. The first-order valence-electron chi connectivity index (χ1n) is 7.42. The van der Waals surface area contributed by atoms with Crippen LogP contribution < -0.4 is 0 Å². The standard InChI is InChI=1S/C17H25NO.ClH/c1-13-7-8-16(11-14(13)2)17(19)15(3)12-18-9-5-4-6-10-18;/h7-8,11,15H,4-6,9-10,12H2,1-3H3;1H. The van der Waals surface area contributed by atoms with Gasteiger partial charge in [-0.15, -0.1) is 12.4 Å². The van der Waals surface area contributed by atoms with E-state index >= 15 is 0 Å². The summed E-state index contributed by atoms with van der Waals surface area (Å²) in [6.07, 6.45) is 3.91. The zero-order valence-corrected chi connectivity index (χ0v) is 13.6. The van der Waals surface area contributed by atoms with E-state index in [0.29, 0.717) is 0 Å². The van der Waals surface area contributed by atoms with Gasteiger partial charge in [-0.2, -0.15) is 0 Å². The lowest BCUT2D eigenvalue weighted by molar-refractivity contribution is 0.0883. The molecular weight excluding hydrogens is 270 g/mol. The number of piperidine rings is 1. The van der Waals surface area contributed by atoms with Gasteiger partial charge in [-0.1, -0.05) is 25.5 Å². The van der Waals surface area contributed by atoms with Crippen LogP contribution in [-0.2, 0) is 0 Å². The third-order valence-electron chi connectivity index (χ3n) is 4.22. The van der Waals surface area contributed by atoms with Crippen molar-refractivity contribution in [2.24, 2.45) is 5.92 Å². The molecule has 2 nitrogen and oxygen atoms in total. The Labute approximate surface area is 129 Å². The number of Topliss-reactive ketones (excluding diaryl/α,β-unsaturated/α-hetero) is 1. The minimum absolute atomic E-state index is 0. The SMILES string of the molecule is Cc1ccc(C(=O)C(C)CN2CCCCC2)cc1C.Cl. The number of carbonyl (C=O) groups is 1. The smallest absolute Gasteiger partial charge is 0.166 e. The van der Waals surface area contributed by atoms with Crippen molar-refractivity contribution < 1.29 is 4.79 Å². The molecule has 2 rings (SSSR count). The molecule has 1 aromatic rings. The minimum atomic E-state index is 0. The zero-order chi connectivity index (χ0) is 13.8. The second-order valence-electron chi connectivity index (χ2n) is 5.93. The quantitative estimate of drug-likeness (QED) is 0.782. The third-order valence-corrected chi connectivity index (χ3v) is 4.22. The molecule has 0 radical (unpaired) electrons. The van der Waals surface area contributed by atoms with Crippen LogP contribution in [0.2, 0.25) is 0 Å². The molecule has 1 saturated heterocycles. The van der Waals surface area contributed by atoms with Crippen molar-refractivity contribution in [3.63, 3.8) is 0 Å². The van der Waals surface area contributed by atoms with E-state index in [9.17, 15) is 4.79 Å². The van der Waals surface area contributed by atoms with Gasteiger partial charge in [0, 0.05) is 18.0 Å². The number of carbonyl (C=O) groups excluding carboxylic acids is 1. The highest BCUT2D eigenvalue weighted by Crippen LogP contribution is 2.17. The average molecular weight is 296 g/mol. The molecule has 112 valence electrons. The molecule has 0 aliphatic carbocycles. The second kappa shape index (κ2) is 7.80. The number of rotatable bonds is 4. The Hall–Kier alpha value is -0.860. The van der Waals surface area contributed by atoms with Crippen LogP contribution in [0.25, 0.3) is 0 Å². The van der Waals surface area contributed by atoms with Crippen LogP contribution in [0, 0.1) is 19.8 Å². The Morgan fingerprint density at radius 1 is 1.15 bits per heavy atom. The van der Waals surface area contributed by atoms with E-state index in [0.717, 1.165) is 25.2 Å². The number of aryl methyl sites for hydroxylation is 2. The maximum Gasteiger partial charge on any atom is 0.166 e. The molecule has 1 aliphatic heterocycles. The Morgan fingerprint density at radius 3 is 2.40 bits per heavy atom. The Bertz CT molecular complexity index is 452. The minimum Gasteiger partial charge on any atom is -0.303 e. The van der Waals surface area contributed by atoms with Crippen molar-refractivity contribution in [1.82, 2.24) is 4.90 Å². The third kappa shape index (κ3) is 4.32. The first-order chi connectivity index (χ1) is 9.08. The summed E-state index contributed by atoms with van der Waals surface area (Å²) < 4.78 is 0. The summed E-state index contributed by atoms with van der Waals surface area (Å²) in [5.74, 6) is 0.383. The van der Waals surface area contributed by atoms with Gasteiger partial charge in [0.15, 0.2) is 5.78 Å². The molecule has 1 heterocycles. The predicted molar refractivity (Wildman–Crippen MR) is 86.9 cm³/mol. The van der Waals surface area contributed by atoms with Gasteiger partial charge in [-0.3, -0.25) is 4.79 Å². The summed E-state index contributed by atoms with van der Waals surface area (Å²) in [4.78, 5) is 14.9. The largest absolute Gasteiger partial charge is 0.303 e. The highest BCUT2D eigenvalue weighted by atomic mass is 35.5. The number of hydrogen-bond donors (Lipinski definition) is 0. The van der Waals surface area contributed by atoms with Gasteiger partial charge in [0.05, 0.1) is 0 Å². The van der Waals surface area contributed by atoms with Gasteiger partial charge < -0.3 is 4.90 Å². The summed E-state index contributed by atoms with van der Waals surface area (Å²) in [7, 11) is 0. The molecule has 20 heavy (non-hydrogen) atoms. The number of benzene rings is 1. The normalized spacial score (nSPS) is 17.4. The van der Waals surface area contributed by atoms with E-state index in [2.05, 4.69) is 31.7 Å². The van der Waals surface area contributed by atoms with E-state index in [-0.39, 0.29) is 24.1 Å². The van der Waals surface area contributed by atoms with E-state index in [1.807, 2.05) is 12.1 Å². The van der Waals surface area contributed by atoms with Crippen LogP contribution in [0.15, 0.2) is 18.2 Å². The molecule has 1 fully saturated rings. The molecule has 0 spiro atoms. The highest BCUT2D eigenvalue weighted by Gasteiger charge is 2.20. The Morgan fingerprint density at radius 2 is 1.80 bits per heavy atom. The van der Waals surface area contributed by atoms with Crippen LogP contribution in [0.5, 0.6) is 0 Å². The summed E-state index contributed by atoms with van der Waals surface area (Å²) in [6, 6.07) is 6.05. The number of ketones is 1. The molecule has 3 heteroatoms. The second-order valence-corrected chi connectivity index (χ2v) is 5.93. The fourth-order valence-corrected chi connectivity index (χ4v) is 2.79. The lowest BCUT2D eigenvalue weighted by atomic mass is 9.95. The Balaban J connectivity index is 0.00000200. The summed E-state index contributed by atoms with van der Waals surface area (Å²) >= 11 is 0. The number of halogens is 1.